The molecule has 0 amide bonds. The lowest BCUT2D eigenvalue weighted by Gasteiger charge is -2.14. The first-order chi connectivity index (χ1) is 9.30. The highest BCUT2D eigenvalue weighted by Crippen LogP contribution is 2.13. The van der Waals surface area contributed by atoms with Crippen LogP contribution in [0.1, 0.15) is 45.1 Å². The molecule has 0 saturated heterocycles. The van der Waals surface area contributed by atoms with Crippen molar-refractivity contribution in [1.82, 2.24) is 5.32 Å². The number of hydrogen-bond acceptors (Lipinski definition) is 2. The van der Waals surface area contributed by atoms with E-state index in [1.165, 1.54) is 5.56 Å². The van der Waals surface area contributed by atoms with Crippen LogP contribution in [0.4, 0.5) is 0 Å². The van der Waals surface area contributed by atoms with Crippen LogP contribution in [0.25, 0.3) is 0 Å². The fraction of sp³-hybridized carbons (Fsp3) is 0.529. The van der Waals surface area contributed by atoms with Gasteiger partial charge in [0.15, 0.2) is 0 Å². The summed E-state index contributed by atoms with van der Waals surface area (Å²) in [5.74, 6) is 3.66. The van der Waals surface area contributed by atoms with Crippen LogP contribution < -0.4 is 10.1 Å². The van der Waals surface area contributed by atoms with Crippen LogP contribution in [0.2, 0.25) is 0 Å². The average Bonchev–Trinajstić information content (AvgIpc) is 2.45. The summed E-state index contributed by atoms with van der Waals surface area (Å²) in [5, 5.41) is 3.48. The van der Waals surface area contributed by atoms with Crippen LogP contribution >= 0.6 is 0 Å². The maximum absolute atomic E-state index is 5.64. The summed E-state index contributed by atoms with van der Waals surface area (Å²) in [5.41, 5.74) is 1.26. The Bertz CT molecular complexity index is 377. The highest BCUT2D eigenvalue weighted by Gasteiger charge is 2.03. The molecule has 0 aromatic heterocycles. The van der Waals surface area contributed by atoms with Crippen molar-refractivity contribution in [3.8, 4) is 18.1 Å². The van der Waals surface area contributed by atoms with Crippen molar-refractivity contribution < 1.29 is 4.74 Å². The summed E-state index contributed by atoms with van der Waals surface area (Å²) in [6, 6.07) is 8.70. The Kier molecular flexibility index (Phi) is 7.77. The maximum atomic E-state index is 5.64. The van der Waals surface area contributed by atoms with Crippen LogP contribution in [-0.4, -0.2) is 12.6 Å². The molecule has 1 atom stereocenters. The third kappa shape index (κ3) is 6.31. The third-order valence-electron chi connectivity index (χ3n) is 3.14. The molecule has 0 bridgehead atoms. The zero-order chi connectivity index (χ0) is 13.9. The number of ether oxygens (including phenoxy) is 1. The lowest BCUT2D eigenvalue weighted by atomic mass is 10.1. The van der Waals surface area contributed by atoms with Crippen LogP contribution in [0.5, 0.6) is 5.75 Å². The lowest BCUT2D eigenvalue weighted by molar-refractivity contribution is 0.309. The molecule has 1 N–H and O–H groups in total. The normalized spacial score (nSPS) is 11.8. The Morgan fingerprint density at radius 2 is 2.00 bits per heavy atom. The van der Waals surface area contributed by atoms with E-state index in [0.29, 0.717) is 6.04 Å². The number of terminal acetylenes is 1. The number of rotatable bonds is 9. The molecule has 0 aliphatic heterocycles. The van der Waals surface area contributed by atoms with Crippen molar-refractivity contribution in [3.05, 3.63) is 29.8 Å². The van der Waals surface area contributed by atoms with E-state index in [9.17, 15) is 0 Å². The molecule has 0 aliphatic carbocycles. The monoisotopic (exact) mass is 259 g/mol. The summed E-state index contributed by atoms with van der Waals surface area (Å²) < 4.78 is 5.64. The molecule has 19 heavy (non-hydrogen) atoms. The van der Waals surface area contributed by atoms with Gasteiger partial charge in [-0.15, -0.1) is 12.3 Å². The van der Waals surface area contributed by atoms with Crippen molar-refractivity contribution in [1.29, 1.82) is 0 Å². The molecule has 0 radical (unpaired) electrons. The SMILES string of the molecule is C#CCC(CC)NCc1ccc(OCCCC)cc1. The number of hydrogen-bond donors (Lipinski definition) is 1. The van der Waals surface area contributed by atoms with Gasteiger partial charge in [-0.1, -0.05) is 32.4 Å². The first kappa shape index (κ1) is 15.6. The van der Waals surface area contributed by atoms with Gasteiger partial charge in [0.2, 0.25) is 0 Å². The van der Waals surface area contributed by atoms with Gasteiger partial charge in [-0.3, -0.25) is 0 Å². The molecular formula is C17H25NO. The quantitative estimate of drug-likeness (QED) is 0.538. The van der Waals surface area contributed by atoms with Crippen molar-refractivity contribution in [2.75, 3.05) is 6.61 Å². The van der Waals surface area contributed by atoms with Crippen molar-refractivity contribution >= 4 is 0 Å². The van der Waals surface area contributed by atoms with Gasteiger partial charge in [0.05, 0.1) is 6.61 Å². The lowest BCUT2D eigenvalue weighted by Crippen LogP contribution is -2.27. The summed E-state index contributed by atoms with van der Waals surface area (Å²) >= 11 is 0. The zero-order valence-corrected chi connectivity index (χ0v) is 12.1. The minimum absolute atomic E-state index is 0.408. The van der Waals surface area contributed by atoms with Gasteiger partial charge in [0.1, 0.15) is 5.75 Å². The fourth-order valence-electron chi connectivity index (χ4n) is 1.80. The standard InChI is InChI=1S/C17H25NO/c1-4-7-13-19-17-11-9-15(10-12-17)14-18-16(6-3)8-5-2/h2,9-12,16,18H,4,6-8,13-14H2,1,3H3. The van der Waals surface area contributed by atoms with Crippen molar-refractivity contribution in [2.45, 2.75) is 52.1 Å². The highest BCUT2D eigenvalue weighted by atomic mass is 16.5. The van der Waals surface area contributed by atoms with Crippen molar-refractivity contribution in [2.24, 2.45) is 0 Å². The predicted octanol–water partition coefficient (Wildman–Crippen LogP) is 3.76. The summed E-state index contributed by atoms with van der Waals surface area (Å²) in [6.07, 6.45) is 9.46. The Morgan fingerprint density at radius 3 is 2.58 bits per heavy atom. The van der Waals surface area contributed by atoms with E-state index in [1.807, 2.05) is 12.1 Å². The largest absolute Gasteiger partial charge is 0.494 e. The van der Waals surface area contributed by atoms with Gasteiger partial charge in [-0.2, -0.15) is 0 Å². The summed E-state index contributed by atoms with van der Waals surface area (Å²) in [7, 11) is 0. The van der Waals surface area contributed by atoms with Gasteiger partial charge in [-0.05, 0) is 30.5 Å². The fourth-order valence-corrected chi connectivity index (χ4v) is 1.80. The van der Waals surface area contributed by atoms with Crippen molar-refractivity contribution in [3.63, 3.8) is 0 Å². The second-order valence-corrected chi connectivity index (χ2v) is 4.74. The van der Waals surface area contributed by atoms with E-state index in [-0.39, 0.29) is 0 Å². The number of unbranched alkanes of at least 4 members (excludes halogenated alkanes) is 1. The first-order valence-corrected chi connectivity index (χ1v) is 7.18. The topological polar surface area (TPSA) is 21.3 Å². The maximum Gasteiger partial charge on any atom is 0.119 e. The Labute approximate surface area is 117 Å². The van der Waals surface area contributed by atoms with Gasteiger partial charge in [0, 0.05) is 19.0 Å². The third-order valence-corrected chi connectivity index (χ3v) is 3.14. The molecule has 104 valence electrons. The van der Waals surface area contributed by atoms with Gasteiger partial charge in [-0.25, -0.2) is 0 Å². The molecular weight excluding hydrogens is 234 g/mol. The van der Waals surface area contributed by atoms with E-state index < -0.39 is 0 Å². The minimum atomic E-state index is 0.408. The van der Waals surface area contributed by atoms with E-state index in [4.69, 9.17) is 11.2 Å². The summed E-state index contributed by atoms with van der Waals surface area (Å²) in [4.78, 5) is 0. The van der Waals surface area contributed by atoms with Gasteiger partial charge >= 0.3 is 0 Å². The Hall–Kier alpha value is -1.46. The highest BCUT2D eigenvalue weighted by molar-refractivity contribution is 5.27. The predicted molar refractivity (Wildman–Crippen MR) is 81.2 cm³/mol. The Balaban J connectivity index is 2.37. The molecule has 1 aromatic carbocycles. The molecule has 2 heteroatoms. The minimum Gasteiger partial charge on any atom is -0.494 e. The Morgan fingerprint density at radius 1 is 1.26 bits per heavy atom. The van der Waals surface area contributed by atoms with E-state index in [0.717, 1.165) is 44.6 Å². The molecule has 2 nitrogen and oxygen atoms in total. The molecule has 1 aromatic rings. The van der Waals surface area contributed by atoms with Crippen LogP contribution in [-0.2, 0) is 6.54 Å². The van der Waals surface area contributed by atoms with E-state index in [1.54, 1.807) is 0 Å². The molecule has 0 heterocycles. The molecule has 0 spiro atoms. The van der Waals surface area contributed by atoms with E-state index in [2.05, 4.69) is 37.2 Å². The number of nitrogens with one attached hydrogen (secondary N) is 1. The molecule has 0 fully saturated rings. The smallest absolute Gasteiger partial charge is 0.119 e. The van der Waals surface area contributed by atoms with Crippen LogP contribution in [0.15, 0.2) is 24.3 Å². The first-order valence-electron chi connectivity index (χ1n) is 7.18. The van der Waals surface area contributed by atoms with E-state index >= 15 is 0 Å². The van der Waals surface area contributed by atoms with Crippen LogP contribution in [0, 0.1) is 12.3 Å². The molecule has 0 aliphatic rings. The molecule has 1 rings (SSSR count). The molecule has 0 saturated carbocycles. The van der Waals surface area contributed by atoms with Gasteiger partial charge < -0.3 is 10.1 Å². The second-order valence-electron chi connectivity index (χ2n) is 4.74. The second kappa shape index (κ2) is 9.47. The summed E-state index contributed by atoms with van der Waals surface area (Å²) in [6.45, 7) is 5.97. The average molecular weight is 259 g/mol. The molecule has 1 unspecified atom stereocenters. The zero-order valence-electron chi connectivity index (χ0n) is 12.1. The number of benzene rings is 1. The van der Waals surface area contributed by atoms with Gasteiger partial charge in [0.25, 0.3) is 0 Å². The van der Waals surface area contributed by atoms with Crippen LogP contribution in [0.3, 0.4) is 0 Å².